The first-order valence-corrected chi connectivity index (χ1v) is 7.73. The van der Waals surface area contributed by atoms with Gasteiger partial charge in [-0.2, -0.15) is 0 Å². The zero-order valence-corrected chi connectivity index (χ0v) is 13.4. The average molecular weight is 322 g/mol. The Morgan fingerprint density at radius 2 is 2.10 bits per heavy atom. The first-order valence-electron chi connectivity index (χ1n) is 6.37. The summed E-state index contributed by atoms with van der Waals surface area (Å²) in [4.78, 5) is 16.3. The van der Waals surface area contributed by atoms with Gasteiger partial charge in [0, 0.05) is 11.4 Å². The molecule has 21 heavy (non-hydrogen) atoms. The van der Waals surface area contributed by atoms with Crippen LogP contribution in [-0.2, 0) is 4.79 Å². The highest BCUT2D eigenvalue weighted by atomic mass is 35.5. The Labute approximate surface area is 133 Å². The van der Waals surface area contributed by atoms with Gasteiger partial charge in [-0.05, 0) is 49.7 Å². The van der Waals surface area contributed by atoms with Crippen molar-refractivity contribution in [2.24, 2.45) is 0 Å². The third-order valence-corrected chi connectivity index (χ3v) is 3.93. The molecule has 4 nitrogen and oxygen atoms in total. The number of nitrogen functional groups attached to an aromatic ring is 1. The normalized spacial score (nSPS) is 10.4. The van der Waals surface area contributed by atoms with Crippen molar-refractivity contribution in [3.8, 4) is 0 Å². The molecular formula is C15H16ClN3OS. The van der Waals surface area contributed by atoms with Gasteiger partial charge in [0.1, 0.15) is 0 Å². The highest BCUT2D eigenvalue weighted by molar-refractivity contribution is 7.99. The van der Waals surface area contributed by atoms with Crippen LogP contribution in [-0.4, -0.2) is 16.6 Å². The lowest BCUT2D eigenvalue weighted by molar-refractivity contribution is -0.113. The number of anilines is 2. The van der Waals surface area contributed by atoms with Crippen LogP contribution in [0.1, 0.15) is 11.3 Å². The second-order valence-corrected chi connectivity index (χ2v) is 6.10. The maximum absolute atomic E-state index is 12.0. The Morgan fingerprint density at radius 1 is 1.33 bits per heavy atom. The van der Waals surface area contributed by atoms with Crippen LogP contribution >= 0.6 is 23.4 Å². The molecule has 0 aliphatic rings. The van der Waals surface area contributed by atoms with E-state index < -0.39 is 0 Å². The molecule has 0 aliphatic carbocycles. The minimum Gasteiger partial charge on any atom is -0.399 e. The molecular weight excluding hydrogens is 306 g/mol. The minimum atomic E-state index is -0.145. The summed E-state index contributed by atoms with van der Waals surface area (Å²) in [5.41, 5.74) is 8.82. The standard InChI is InChI=1S/C15H16ClN3OS/c1-9-5-10(2)18-15(6-9)21-8-14(20)19-13-7-11(17)3-4-12(13)16/h3-7H,8,17H2,1-2H3,(H,19,20). The van der Waals surface area contributed by atoms with Gasteiger partial charge < -0.3 is 11.1 Å². The Hall–Kier alpha value is -1.72. The molecule has 0 radical (unpaired) electrons. The van der Waals surface area contributed by atoms with Crippen LogP contribution < -0.4 is 11.1 Å². The topological polar surface area (TPSA) is 68.0 Å². The van der Waals surface area contributed by atoms with Gasteiger partial charge in [-0.1, -0.05) is 23.4 Å². The number of rotatable bonds is 4. The smallest absolute Gasteiger partial charge is 0.234 e. The number of benzene rings is 1. The molecule has 3 N–H and O–H groups in total. The van der Waals surface area contributed by atoms with E-state index in [1.807, 2.05) is 26.0 Å². The summed E-state index contributed by atoms with van der Waals surface area (Å²) in [6, 6.07) is 8.94. The number of thioether (sulfide) groups is 1. The number of pyridine rings is 1. The number of halogens is 1. The van der Waals surface area contributed by atoms with Crippen molar-refractivity contribution in [3.05, 3.63) is 46.6 Å². The quantitative estimate of drug-likeness (QED) is 0.666. The number of hydrogen-bond acceptors (Lipinski definition) is 4. The molecule has 0 atom stereocenters. The first-order chi connectivity index (χ1) is 9.94. The summed E-state index contributed by atoms with van der Waals surface area (Å²) >= 11 is 7.40. The number of nitrogens with one attached hydrogen (secondary N) is 1. The van der Waals surface area contributed by atoms with Crippen molar-refractivity contribution in [3.63, 3.8) is 0 Å². The van der Waals surface area contributed by atoms with E-state index in [2.05, 4.69) is 10.3 Å². The van der Waals surface area contributed by atoms with Crippen LogP contribution in [0.25, 0.3) is 0 Å². The number of carbonyl (C=O) groups excluding carboxylic acids is 1. The second kappa shape index (κ2) is 6.83. The first kappa shape index (κ1) is 15.7. The van der Waals surface area contributed by atoms with Gasteiger partial charge in [-0.15, -0.1) is 0 Å². The van der Waals surface area contributed by atoms with E-state index in [0.29, 0.717) is 16.4 Å². The van der Waals surface area contributed by atoms with Crippen LogP contribution in [0.2, 0.25) is 5.02 Å². The van der Waals surface area contributed by atoms with Gasteiger partial charge in [0.05, 0.1) is 21.5 Å². The van der Waals surface area contributed by atoms with Crippen LogP contribution in [0, 0.1) is 13.8 Å². The van der Waals surface area contributed by atoms with E-state index in [1.54, 1.807) is 18.2 Å². The number of nitrogens with zero attached hydrogens (tertiary/aromatic N) is 1. The van der Waals surface area contributed by atoms with Gasteiger partial charge in [0.25, 0.3) is 0 Å². The van der Waals surface area contributed by atoms with Crippen molar-refractivity contribution in [1.82, 2.24) is 4.98 Å². The number of amides is 1. The van der Waals surface area contributed by atoms with Gasteiger partial charge in [0.2, 0.25) is 5.91 Å². The molecule has 0 bridgehead atoms. The molecule has 0 saturated carbocycles. The third-order valence-electron chi connectivity index (χ3n) is 2.69. The van der Waals surface area contributed by atoms with Crippen LogP contribution in [0.4, 0.5) is 11.4 Å². The van der Waals surface area contributed by atoms with Gasteiger partial charge in [0.15, 0.2) is 0 Å². The number of aromatic nitrogens is 1. The molecule has 1 amide bonds. The Balaban J connectivity index is 1.97. The predicted octanol–water partition coefficient (Wildman–Crippen LogP) is 3.66. The molecule has 2 aromatic rings. The molecule has 110 valence electrons. The lowest BCUT2D eigenvalue weighted by atomic mass is 10.3. The number of aryl methyl sites for hydroxylation is 2. The maximum Gasteiger partial charge on any atom is 0.234 e. The molecule has 1 aromatic heterocycles. The highest BCUT2D eigenvalue weighted by Crippen LogP contribution is 2.25. The van der Waals surface area contributed by atoms with Crippen molar-refractivity contribution < 1.29 is 4.79 Å². The summed E-state index contributed by atoms with van der Waals surface area (Å²) < 4.78 is 0. The third kappa shape index (κ3) is 4.65. The molecule has 0 unspecified atom stereocenters. The van der Waals surface area contributed by atoms with E-state index in [0.717, 1.165) is 16.3 Å². The van der Waals surface area contributed by atoms with Crippen molar-refractivity contribution in [1.29, 1.82) is 0 Å². The van der Waals surface area contributed by atoms with Crippen molar-refractivity contribution in [2.45, 2.75) is 18.9 Å². The fraction of sp³-hybridized carbons (Fsp3) is 0.200. The summed E-state index contributed by atoms with van der Waals surface area (Å²) in [7, 11) is 0. The van der Waals surface area contributed by atoms with Gasteiger partial charge >= 0.3 is 0 Å². The molecule has 2 rings (SSSR count). The zero-order valence-electron chi connectivity index (χ0n) is 11.8. The van der Waals surface area contributed by atoms with Crippen molar-refractivity contribution in [2.75, 3.05) is 16.8 Å². The fourth-order valence-electron chi connectivity index (χ4n) is 1.84. The monoisotopic (exact) mass is 321 g/mol. The van der Waals surface area contributed by atoms with Gasteiger partial charge in [-0.25, -0.2) is 4.98 Å². The molecule has 1 aromatic carbocycles. The molecule has 0 fully saturated rings. The van der Waals surface area contributed by atoms with Crippen molar-refractivity contribution >= 4 is 40.6 Å². The van der Waals surface area contributed by atoms with E-state index in [-0.39, 0.29) is 11.7 Å². The summed E-state index contributed by atoms with van der Waals surface area (Å²) in [6.45, 7) is 3.94. The van der Waals surface area contributed by atoms with E-state index in [4.69, 9.17) is 17.3 Å². The number of hydrogen-bond donors (Lipinski definition) is 2. The lowest BCUT2D eigenvalue weighted by Crippen LogP contribution is -2.14. The van der Waals surface area contributed by atoms with Gasteiger partial charge in [-0.3, -0.25) is 4.79 Å². The predicted molar refractivity (Wildman–Crippen MR) is 88.9 cm³/mol. The largest absolute Gasteiger partial charge is 0.399 e. The average Bonchev–Trinajstić information content (AvgIpc) is 2.40. The summed E-state index contributed by atoms with van der Waals surface area (Å²) in [5.74, 6) is 0.120. The minimum absolute atomic E-state index is 0.145. The van der Waals surface area contributed by atoms with Crippen LogP contribution in [0.5, 0.6) is 0 Å². The Bertz CT molecular complexity index is 656. The van der Waals surface area contributed by atoms with E-state index in [9.17, 15) is 4.79 Å². The Morgan fingerprint density at radius 3 is 2.81 bits per heavy atom. The SMILES string of the molecule is Cc1cc(C)nc(SCC(=O)Nc2cc(N)ccc2Cl)c1. The van der Waals surface area contributed by atoms with E-state index >= 15 is 0 Å². The van der Waals surface area contributed by atoms with Crippen LogP contribution in [0.3, 0.4) is 0 Å². The molecule has 0 saturated heterocycles. The number of nitrogens with two attached hydrogens (primary N) is 1. The van der Waals surface area contributed by atoms with Crippen LogP contribution in [0.15, 0.2) is 35.4 Å². The molecule has 0 aliphatic heterocycles. The number of carbonyl (C=O) groups is 1. The summed E-state index contributed by atoms with van der Waals surface area (Å²) in [5, 5.41) is 4.05. The molecule has 0 spiro atoms. The zero-order chi connectivity index (χ0) is 15.4. The Kier molecular flexibility index (Phi) is 5.09. The molecule has 6 heteroatoms. The second-order valence-electron chi connectivity index (χ2n) is 4.70. The summed E-state index contributed by atoms with van der Waals surface area (Å²) in [6.07, 6.45) is 0. The fourth-order valence-corrected chi connectivity index (χ4v) is 2.84. The maximum atomic E-state index is 12.0. The molecule has 1 heterocycles. The highest BCUT2D eigenvalue weighted by Gasteiger charge is 2.08. The van der Waals surface area contributed by atoms with E-state index in [1.165, 1.54) is 11.8 Å². The lowest BCUT2D eigenvalue weighted by Gasteiger charge is -2.08.